The summed E-state index contributed by atoms with van der Waals surface area (Å²) in [6.45, 7) is 4.04. The van der Waals surface area contributed by atoms with Gasteiger partial charge in [0.2, 0.25) is 0 Å². The number of aromatic nitrogens is 2. The molecule has 0 radical (unpaired) electrons. The van der Waals surface area contributed by atoms with Crippen LogP contribution in [0.1, 0.15) is 26.2 Å². The zero-order chi connectivity index (χ0) is 13.0. The highest BCUT2D eigenvalue weighted by Gasteiger charge is 2.16. The Morgan fingerprint density at radius 2 is 2.50 bits per heavy atom. The number of hydrogen-bond donors (Lipinski definition) is 1. The number of rotatable bonds is 4. The van der Waals surface area contributed by atoms with Crippen LogP contribution in [0.2, 0.25) is 5.02 Å². The molecule has 0 saturated carbocycles. The van der Waals surface area contributed by atoms with Crippen LogP contribution in [0.3, 0.4) is 0 Å². The molecule has 18 heavy (non-hydrogen) atoms. The molecule has 100 valence electrons. The van der Waals surface area contributed by atoms with Gasteiger partial charge in [0, 0.05) is 19.2 Å². The first-order chi connectivity index (χ1) is 8.72. The number of ether oxygens (including phenoxy) is 1. The fraction of sp³-hybridized carbons (Fsp3) is 0.667. The largest absolute Gasteiger partial charge is 0.379 e. The van der Waals surface area contributed by atoms with Gasteiger partial charge in [-0.1, -0.05) is 18.5 Å². The molecule has 2 heterocycles. The van der Waals surface area contributed by atoms with E-state index in [0.29, 0.717) is 18.8 Å². The second kappa shape index (κ2) is 6.20. The van der Waals surface area contributed by atoms with Gasteiger partial charge in [-0.05, 0) is 19.3 Å². The number of aryl methyl sites for hydroxylation is 1. The zero-order valence-electron chi connectivity index (χ0n) is 10.5. The Morgan fingerprint density at radius 3 is 3.17 bits per heavy atom. The highest BCUT2D eigenvalue weighted by Crippen LogP contribution is 2.19. The third-order valence-corrected chi connectivity index (χ3v) is 3.31. The normalized spacial score (nSPS) is 19.8. The quantitative estimate of drug-likeness (QED) is 0.909. The first-order valence-electron chi connectivity index (χ1n) is 6.32. The van der Waals surface area contributed by atoms with Crippen molar-refractivity contribution in [2.24, 2.45) is 0 Å². The van der Waals surface area contributed by atoms with Crippen molar-refractivity contribution in [1.29, 1.82) is 0 Å². The number of anilines is 1. The van der Waals surface area contributed by atoms with Crippen LogP contribution in [0, 0.1) is 0 Å². The van der Waals surface area contributed by atoms with Crippen molar-refractivity contribution in [3.05, 3.63) is 21.6 Å². The molecule has 6 heteroatoms. The third-order valence-electron chi connectivity index (χ3n) is 2.94. The molecule has 2 rings (SSSR count). The van der Waals surface area contributed by atoms with E-state index in [-0.39, 0.29) is 16.6 Å². The van der Waals surface area contributed by atoms with Crippen LogP contribution < -0.4 is 10.9 Å². The van der Waals surface area contributed by atoms with E-state index in [9.17, 15) is 4.79 Å². The lowest BCUT2D eigenvalue weighted by molar-refractivity contribution is 0.0876. The third kappa shape index (κ3) is 3.03. The Labute approximate surface area is 111 Å². The van der Waals surface area contributed by atoms with Crippen molar-refractivity contribution in [2.75, 3.05) is 18.5 Å². The smallest absolute Gasteiger partial charge is 0.287 e. The molecule has 0 aromatic carbocycles. The maximum atomic E-state index is 11.9. The minimum Gasteiger partial charge on any atom is -0.379 e. The summed E-state index contributed by atoms with van der Waals surface area (Å²) in [4.78, 5) is 11.9. The molecule has 0 bridgehead atoms. The number of hydrogen-bond acceptors (Lipinski definition) is 4. The van der Waals surface area contributed by atoms with Crippen molar-refractivity contribution in [3.8, 4) is 0 Å². The second-order valence-corrected chi connectivity index (χ2v) is 4.84. The fourth-order valence-electron chi connectivity index (χ4n) is 2.01. The Balaban J connectivity index is 2.13. The van der Waals surface area contributed by atoms with Crippen LogP contribution in [0.15, 0.2) is 11.0 Å². The minimum atomic E-state index is -0.236. The molecule has 1 fully saturated rings. The Morgan fingerprint density at radius 1 is 1.67 bits per heavy atom. The highest BCUT2D eigenvalue weighted by molar-refractivity contribution is 6.32. The number of halogens is 1. The van der Waals surface area contributed by atoms with Crippen LogP contribution >= 0.6 is 11.6 Å². The van der Waals surface area contributed by atoms with Crippen LogP contribution in [-0.2, 0) is 11.3 Å². The monoisotopic (exact) mass is 271 g/mol. The maximum Gasteiger partial charge on any atom is 0.287 e. The predicted molar refractivity (Wildman–Crippen MR) is 71.3 cm³/mol. The fourth-order valence-corrected chi connectivity index (χ4v) is 2.21. The minimum absolute atomic E-state index is 0.208. The lowest BCUT2D eigenvalue weighted by Crippen LogP contribution is -2.32. The van der Waals surface area contributed by atoms with Gasteiger partial charge >= 0.3 is 0 Å². The van der Waals surface area contributed by atoms with Gasteiger partial charge in [0.1, 0.15) is 5.02 Å². The molecule has 0 amide bonds. The van der Waals surface area contributed by atoms with Crippen molar-refractivity contribution in [1.82, 2.24) is 9.78 Å². The van der Waals surface area contributed by atoms with E-state index in [1.807, 2.05) is 6.92 Å². The molecule has 0 aliphatic carbocycles. The summed E-state index contributed by atoms with van der Waals surface area (Å²) in [5.74, 6) is 0. The van der Waals surface area contributed by atoms with E-state index < -0.39 is 0 Å². The molecule has 1 aliphatic rings. The summed E-state index contributed by atoms with van der Waals surface area (Å²) < 4.78 is 6.77. The van der Waals surface area contributed by atoms with Gasteiger partial charge in [-0.3, -0.25) is 4.79 Å². The Hall–Kier alpha value is -1.07. The number of nitrogens with zero attached hydrogens (tertiary/aromatic N) is 2. The standard InChI is InChI=1S/C12H18ClN3O2/c1-2-5-16-12(17)11(13)10(7-14-16)15-9-4-3-6-18-8-9/h7,9,15H,2-6,8H2,1H3. The molecule has 1 aliphatic heterocycles. The molecule has 0 spiro atoms. The molecular weight excluding hydrogens is 254 g/mol. The van der Waals surface area contributed by atoms with Crippen LogP contribution in [0.25, 0.3) is 0 Å². The van der Waals surface area contributed by atoms with Crippen molar-refractivity contribution >= 4 is 17.3 Å². The summed E-state index contributed by atoms with van der Waals surface area (Å²) in [6, 6.07) is 0.208. The van der Waals surface area contributed by atoms with Crippen molar-refractivity contribution < 1.29 is 4.74 Å². The molecule has 1 aromatic rings. The predicted octanol–water partition coefficient (Wildman–Crippen LogP) is 1.90. The topological polar surface area (TPSA) is 56.1 Å². The first kappa shape index (κ1) is 13.4. The average molecular weight is 272 g/mol. The van der Waals surface area contributed by atoms with Crippen molar-refractivity contribution in [3.63, 3.8) is 0 Å². The lowest BCUT2D eigenvalue weighted by Gasteiger charge is -2.24. The molecule has 1 aromatic heterocycles. The van der Waals surface area contributed by atoms with Gasteiger partial charge < -0.3 is 10.1 Å². The van der Waals surface area contributed by atoms with Gasteiger partial charge in [-0.2, -0.15) is 5.10 Å². The summed E-state index contributed by atoms with van der Waals surface area (Å²) in [5, 5.41) is 7.55. The van der Waals surface area contributed by atoms with Gasteiger partial charge in [-0.15, -0.1) is 0 Å². The summed E-state index contributed by atoms with van der Waals surface area (Å²) in [6.07, 6.45) is 4.52. The van der Waals surface area contributed by atoms with E-state index in [0.717, 1.165) is 25.9 Å². The molecule has 1 N–H and O–H groups in total. The van der Waals surface area contributed by atoms with Gasteiger partial charge in [0.25, 0.3) is 5.56 Å². The maximum absolute atomic E-state index is 11.9. The molecule has 1 atom stereocenters. The van der Waals surface area contributed by atoms with E-state index in [1.165, 1.54) is 4.68 Å². The molecular formula is C12H18ClN3O2. The van der Waals surface area contributed by atoms with E-state index in [2.05, 4.69) is 10.4 Å². The SMILES string of the molecule is CCCn1ncc(NC2CCCOC2)c(Cl)c1=O. The van der Waals surface area contributed by atoms with E-state index >= 15 is 0 Å². The van der Waals surface area contributed by atoms with E-state index in [4.69, 9.17) is 16.3 Å². The Bertz CT molecular complexity index is 455. The van der Waals surface area contributed by atoms with Gasteiger partial charge in [0.05, 0.1) is 18.5 Å². The van der Waals surface area contributed by atoms with Crippen LogP contribution in [-0.4, -0.2) is 29.0 Å². The highest BCUT2D eigenvalue weighted by atomic mass is 35.5. The average Bonchev–Trinajstić information content (AvgIpc) is 2.40. The van der Waals surface area contributed by atoms with Crippen LogP contribution in [0.5, 0.6) is 0 Å². The lowest BCUT2D eigenvalue weighted by atomic mass is 10.1. The molecule has 1 saturated heterocycles. The van der Waals surface area contributed by atoms with Gasteiger partial charge in [-0.25, -0.2) is 4.68 Å². The first-order valence-corrected chi connectivity index (χ1v) is 6.70. The molecule has 1 unspecified atom stereocenters. The van der Waals surface area contributed by atoms with Crippen LogP contribution in [0.4, 0.5) is 5.69 Å². The summed E-state index contributed by atoms with van der Waals surface area (Å²) in [5.41, 5.74) is 0.366. The summed E-state index contributed by atoms with van der Waals surface area (Å²) >= 11 is 6.08. The second-order valence-electron chi connectivity index (χ2n) is 4.46. The zero-order valence-corrected chi connectivity index (χ0v) is 11.2. The Kier molecular flexibility index (Phi) is 4.60. The molecule has 5 nitrogen and oxygen atoms in total. The van der Waals surface area contributed by atoms with Gasteiger partial charge in [0.15, 0.2) is 0 Å². The summed E-state index contributed by atoms with van der Waals surface area (Å²) in [7, 11) is 0. The number of nitrogens with one attached hydrogen (secondary N) is 1. The van der Waals surface area contributed by atoms with E-state index in [1.54, 1.807) is 6.20 Å². The van der Waals surface area contributed by atoms with Crippen molar-refractivity contribution in [2.45, 2.75) is 38.8 Å².